The number of ether oxygens (including phenoxy) is 2. The maximum Gasteiger partial charge on any atom is 0.287 e. The fourth-order valence-electron chi connectivity index (χ4n) is 1.81. The van der Waals surface area contributed by atoms with Crippen LogP contribution in [0.5, 0.6) is 17.4 Å². The summed E-state index contributed by atoms with van der Waals surface area (Å²) in [4.78, 5) is 24.8. The number of carbonyl (C=O) groups excluding carboxylic acids is 1. The molecule has 8 heteroatoms. The van der Waals surface area contributed by atoms with E-state index in [0.29, 0.717) is 23.7 Å². The smallest absolute Gasteiger partial charge is 0.287 e. The zero-order chi connectivity index (χ0) is 17.5. The van der Waals surface area contributed by atoms with Crippen molar-refractivity contribution in [1.82, 2.24) is 4.98 Å². The highest BCUT2D eigenvalue weighted by Gasteiger charge is 2.10. The molecule has 0 bridgehead atoms. The van der Waals surface area contributed by atoms with Crippen LogP contribution in [0, 0.1) is 10.1 Å². The lowest BCUT2D eigenvalue weighted by atomic mass is 10.2. The topological polar surface area (TPSA) is 118 Å². The quantitative estimate of drug-likeness (QED) is 0.474. The maximum atomic E-state index is 10.8. The van der Waals surface area contributed by atoms with Gasteiger partial charge in [0.2, 0.25) is 11.8 Å². The number of amides is 1. The second-order valence-corrected chi connectivity index (χ2v) is 4.59. The van der Waals surface area contributed by atoms with E-state index >= 15 is 0 Å². The van der Waals surface area contributed by atoms with Crippen molar-refractivity contribution in [2.75, 3.05) is 6.61 Å². The number of pyridine rings is 1. The summed E-state index contributed by atoms with van der Waals surface area (Å²) in [6, 6.07) is 7.74. The standard InChI is InChI=1S/C16H15N3O5/c1-2-23-14-9-11(4-7-15(17)20)3-6-13(14)24-16-8-5-12(10-18-16)19(21)22/h3-10H,2H2,1H3,(H2,17,20)/b7-4-. The molecule has 0 atom stereocenters. The number of nitrogens with zero attached hydrogens (tertiary/aromatic N) is 2. The van der Waals surface area contributed by atoms with Gasteiger partial charge in [-0.15, -0.1) is 0 Å². The number of aromatic nitrogens is 1. The molecule has 0 unspecified atom stereocenters. The number of hydrogen-bond acceptors (Lipinski definition) is 6. The van der Waals surface area contributed by atoms with Gasteiger partial charge in [-0.25, -0.2) is 4.98 Å². The van der Waals surface area contributed by atoms with Gasteiger partial charge in [-0.3, -0.25) is 14.9 Å². The minimum atomic E-state index is -0.552. The van der Waals surface area contributed by atoms with Crippen molar-refractivity contribution < 1.29 is 19.2 Å². The van der Waals surface area contributed by atoms with Crippen molar-refractivity contribution in [1.29, 1.82) is 0 Å². The highest BCUT2D eigenvalue weighted by Crippen LogP contribution is 2.32. The average molecular weight is 329 g/mol. The van der Waals surface area contributed by atoms with Gasteiger partial charge < -0.3 is 15.2 Å². The molecule has 24 heavy (non-hydrogen) atoms. The molecule has 0 saturated heterocycles. The summed E-state index contributed by atoms with van der Waals surface area (Å²) in [7, 11) is 0. The summed E-state index contributed by atoms with van der Waals surface area (Å²) in [5, 5.41) is 10.6. The molecule has 1 aromatic heterocycles. The molecule has 2 N–H and O–H groups in total. The molecule has 1 amide bonds. The van der Waals surface area contributed by atoms with Gasteiger partial charge in [0.25, 0.3) is 5.69 Å². The summed E-state index contributed by atoms with van der Waals surface area (Å²) in [5.74, 6) is 0.490. The minimum absolute atomic E-state index is 0.126. The molecule has 0 radical (unpaired) electrons. The normalized spacial score (nSPS) is 10.5. The molecule has 8 nitrogen and oxygen atoms in total. The molecule has 2 aromatic rings. The number of carbonyl (C=O) groups is 1. The fraction of sp³-hybridized carbons (Fsp3) is 0.125. The van der Waals surface area contributed by atoms with Crippen molar-refractivity contribution in [3.8, 4) is 17.4 Å². The number of nitrogens with two attached hydrogens (primary N) is 1. The first kappa shape index (κ1) is 16.9. The maximum absolute atomic E-state index is 10.8. The molecule has 1 heterocycles. The Labute approximate surface area is 137 Å². The Morgan fingerprint density at radius 2 is 2.12 bits per heavy atom. The van der Waals surface area contributed by atoms with Crippen molar-refractivity contribution in [3.05, 3.63) is 58.3 Å². The third-order valence-electron chi connectivity index (χ3n) is 2.85. The van der Waals surface area contributed by atoms with E-state index in [1.807, 2.05) is 6.92 Å². The molecule has 2 rings (SSSR count). The summed E-state index contributed by atoms with van der Waals surface area (Å²) in [6.45, 7) is 2.23. The lowest BCUT2D eigenvalue weighted by molar-refractivity contribution is -0.385. The molecular formula is C16H15N3O5. The Morgan fingerprint density at radius 1 is 1.33 bits per heavy atom. The number of nitro groups is 1. The number of rotatable bonds is 7. The van der Waals surface area contributed by atoms with Crippen LogP contribution in [0.3, 0.4) is 0 Å². The monoisotopic (exact) mass is 329 g/mol. The Kier molecular flexibility index (Phi) is 5.45. The Balaban J connectivity index is 2.25. The number of hydrogen-bond donors (Lipinski definition) is 1. The van der Waals surface area contributed by atoms with Gasteiger partial charge >= 0.3 is 0 Å². The van der Waals surface area contributed by atoms with Crippen LogP contribution in [-0.4, -0.2) is 22.4 Å². The van der Waals surface area contributed by atoms with Crippen LogP contribution < -0.4 is 15.2 Å². The molecular weight excluding hydrogens is 314 g/mol. The zero-order valence-electron chi connectivity index (χ0n) is 12.8. The van der Waals surface area contributed by atoms with Crippen LogP contribution >= 0.6 is 0 Å². The van der Waals surface area contributed by atoms with Crippen LogP contribution in [0.25, 0.3) is 6.08 Å². The van der Waals surface area contributed by atoms with Gasteiger partial charge in [0, 0.05) is 18.2 Å². The van der Waals surface area contributed by atoms with E-state index in [1.54, 1.807) is 24.3 Å². The molecule has 0 aliphatic rings. The van der Waals surface area contributed by atoms with Crippen LogP contribution in [-0.2, 0) is 4.79 Å². The van der Waals surface area contributed by atoms with Gasteiger partial charge in [-0.2, -0.15) is 0 Å². The second kappa shape index (κ2) is 7.73. The Hall–Kier alpha value is -3.42. The van der Waals surface area contributed by atoms with E-state index in [9.17, 15) is 14.9 Å². The van der Waals surface area contributed by atoms with Crippen molar-refractivity contribution in [2.45, 2.75) is 6.92 Å². The second-order valence-electron chi connectivity index (χ2n) is 4.59. The van der Waals surface area contributed by atoms with Gasteiger partial charge in [0.05, 0.1) is 11.5 Å². The van der Waals surface area contributed by atoms with Crippen molar-refractivity contribution in [2.24, 2.45) is 5.73 Å². The molecule has 0 spiro atoms. The third kappa shape index (κ3) is 4.54. The zero-order valence-corrected chi connectivity index (χ0v) is 12.8. The SMILES string of the molecule is CCOc1cc(/C=C\C(N)=O)ccc1Oc1ccc([N+](=O)[O-])cn1. The summed E-state index contributed by atoms with van der Waals surface area (Å²) in [6.07, 6.45) is 3.90. The first-order valence-corrected chi connectivity index (χ1v) is 7.02. The van der Waals surface area contributed by atoms with Crippen molar-refractivity contribution >= 4 is 17.7 Å². The minimum Gasteiger partial charge on any atom is -0.490 e. The fourth-order valence-corrected chi connectivity index (χ4v) is 1.81. The summed E-state index contributed by atoms with van der Waals surface area (Å²) in [5.41, 5.74) is 5.65. The molecule has 0 fully saturated rings. The average Bonchev–Trinajstić information content (AvgIpc) is 2.55. The van der Waals surface area contributed by atoms with Gasteiger partial charge in [-0.1, -0.05) is 6.07 Å². The van der Waals surface area contributed by atoms with Crippen LogP contribution in [0.1, 0.15) is 12.5 Å². The Bertz CT molecular complexity index is 772. The highest BCUT2D eigenvalue weighted by atomic mass is 16.6. The van der Waals surface area contributed by atoms with Gasteiger partial charge in [-0.05, 0) is 30.7 Å². The number of primary amides is 1. The van der Waals surface area contributed by atoms with Crippen LogP contribution in [0.4, 0.5) is 5.69 Å². The van der Waals surface area contributed by atoms with Crippen LogP contribution in [0.2, 0.25) is 0 Å². The van der Waals surface area contributed by atoms with E-state index < -0.39 is 10.8 Å². The summed E-state index contributed by atoms with van der Waals surface area (Å²) >= 11 is 0. The van der Waals surface area contributed by atoms with E-state index in [-0.39, 0.29) is 11.6 Å². The lowest BCUT2D eigenvalue weighted by Crippen LogP contribution is -2.05. The first-order valence-electron chi connectivity index (χ1n) is 7.02. The van der Waals surface area contributed by atoms with E-state index in [2.05, 4.69) is 4.98 Å². The molecule has 0 aliphatic heterocycles. The molecule has 0 saturated carbocycles. The van der Waals surface area contributed by atoms with Gasteiger partial charge in [0.15, 0.2) is 11.5 Å². The Morgan fingerprint density at radius 3 is 2.71 bits per heavy atom. The van der Waals surface area contributed by atoms with Crippen LogP contribution in [0.15, 0.2) is 42.6 Å². The molecule has 0 aliphatic carbocycles. The molecule has 1 aromatic carbocycles. The highest BCUT2D eigenvalue weighted by molar-refractivity contribution is 5.90. The lowest BCUT2D eigenvalue weighted by Gasteiger charge is -2.11. The van der Waals surface area contributed by atoms with E-state index in [4.69, 9.17) is 15.2 Å². The van der Waals surface area contributed by atoms with E-state index in [1.165, 1.54) is 18.2 Å². The van der Waals surface area contributed by atoms with Gasteiger partial charge in [0.1, 0.15) is 6.20 Å². The largest absolute Gasteiger partial charge is 0.490 e. The number of benzene rings is 1. The third-order valence-corrected chi connectivity index (χ3v) is 2.85. The summed E-state index contributed by atoms with van der Waals surface area (Å²) < 4.78 is 11.1. The van der Waals surface area contributed by atoms with E-state index in [0.717, 1.165) is 6.20 Å². The predicted molar refractivity (Wildman–Crippen MR) is 86.8 cm³/mol. The van der Waals surface area contributed by atoms with Crippen molar-refractivity contribution in [3.63, 3.8) is 0 Å². The first-order chi connectivity index (χ1) is 11.5. The predicted octanol–water partition coefficient (Wildman–Crippen LogP) is 2.68. The molecule has 124 valence electrons.